The van der Waals surface area contributed by atoms with Gasteiger partial charge in [0.05, 0.1) is 0 Å². The largest absolute Gasteiger partial charge is 0.480 e. The molecule has 1 heterocycles. The number of halogens is 1. The van der Waals surface area contributed by atoms with E-state index in [0.29, 0.717) is 25.0 Å². The van der Waals surface area contributed by atoms with Crippen LogP contribution < -0.4 is 10.5 Å². The van der Waals surface area contributed by atoms with Crippen LogP contribution in [-0.4, -0.2) is 21.6 Å². The summed E-state index contributed by atoms with van der Waals surface area (Å²) in [5.74, 6) is 0.430. The van der Waals surface area contributed by atoms with E-state index in [1.807, 2.05) is 54.6 Å². The Bertz CT molecular complexity index is 994. The van der Waals surface area contributed by atoms with Crippen LogP contribution in [0.15, 0.2) is 67.0 Å². The van der Waals surface area contributed by atoms with Crippen LogP contribution in [0.2, 0.25) is 0 Å². The van der Waals surface area contributed by atoms with Crippen LogP contribution in [0.4, 0.5) is 0 Å². The second-order valence-electron chi connectivity index (χ2n) is 6.91. The highest BCUT2D eigenvalue weighted by Crippen LogP contribution is 2.35. The van der Waals surface area contributed by atoms with E-state index in [1.165, 1.54) is 0 Å². The molecule has 0 fully saturated rings. The first-order valence-corrected chi connectivity index (χ1v) is 8.86. The lowest BCUT2D eigenvalue weighted by atomic mass is 9.78. The third kappa shape index (κ3) is 3.86. The van der Waals surface area contributed by atoms with Gasteiger partial charge in [-0.15, -0.1) is 12.4 Å². The van der Waals surface area contributed by atoms with Gasteiger partial charge in [-0.2, -0.15) is 0 Å². The Balaban J connectivity index is 0.00000225. The molecule has 3 aromatic rings. The molecule has 0 saturated carbocycles. The van der Waals surface area contributed by atoms with Crippen LogP contribution in [0.3, 0.4) is 0 Å². The fourth-order valence-electron chi connectivity index (χ4n) is 3.49. The van der Waals surface area contributed by atoms with Crippen LogP contribution in [0, 0.1) is 0 Å². The summed E-state index contributed by atoms with van der Waals surface area (Å²) in [6, 6.07) is 17.5. The smallest absolute Gasteiger partial charge is 0.324 e. The minimum absolute atomic E-state index is 0. The predicted molar refractivity (Wildman–Crippen MR) is 110 cm³/mol. The highest BCUT2D eigenvalue weighted by atomic mass is 35.5. The first kappa shape index (κ1) is 19.9. The molecule has 0 bridgehead atoms. The summed E-state index contributed by atoms with van der Waals surface area (Å²) < 4.78 is 6.14. The number of carbonyl (C=O) groups is 1. The summed E-state index contributed by atoms with van der Waals surface area (Å²) >= 11 is 0. The number of ether oxygens (including phenoxy) is 1. The lowest BCUT2D eigenvalue weighted by Crippen LogP contribution is -2.52. The maximum absolute atomic E-state index is 11.5. The highest BCUT2D eigenvalue weighted by molar-refractivity contribution is 5.85. The van der Waals surface area contributed by atoms with Crippen molar-refractivity contribution >= 4 is 18.4 Å². The average molecular weight is 397 g/mol. The van der Waals surface area contributed by atoms with E-state index in [9.17, 15) is 9.90 Å². The van der Waals surface area contributed by atoms with Gasteiger partial charge < -0.3 is 15.6 Å². The maximum atomic E-state index is 11.5. The number of benzene rings is 2. The number of aryl methyl sites for hydroxylation is 1. The third-order valence-corrected chi connectivity index (χ3v) is 5.04. The van der Waals surface area contributed by atoms with E-state index in [0.717, 1.165) is 28.0 Å². The van der Waals surface area contributed by atoms with Gasteiger partial charge >= 0.3 is 5.97 Å². The van der Waals surface area contributed by atoms with Crippen LogP contribution in [0.25, 0.3) is 11.1 Å². The average Bonchev–Trinajstić information content (AvgIpc) is 2.69. The molecule has 28 heavy (non-hydrogen) atoms. The molecule has 144 valence electrons. The zero-order valence-electron chi connectivity index (χ0n) is 15.2. The van der Waals surface area contributed by atoms with Gasteiger partial charge in [0.1, 0.15) is 17.0 Å². The number of rotatable bonds is 4. The number of carboxylic acids is 1. The molecule has 1 aliphatic carbocycles. The van der Waals surface area contributed by atoms with Gasteiger partial charge in [0, 0.05) is 29.9 Å². The molecule has 1 unspecified atom stereocenters. The Hall–Kier alpha value is -2.89. The normalized spacial score (nSPS) is 17.9. The molecule has 1 aliphatic rings. The summed E-state index contributed by atoms with van der Waals surface area (Å²) in [6.07, 6.45) is 4.94. The fourth-order valence-corrected chi connectivity index (χ4v) is 3.49. The summed E-state index contributed by atoms with van der Waals surface area (Å²) in [7, 11) is 0. The van der Waals surface area contributed by atoms with Crippen molar-refractivity contribution in [2.45, 2.75) is 24.8 Å². The van der Waals surface area contributed by atoms with Crippen LogP contribution >= 0.6 is 12.4 Å². The lowest BCUT2D eigenvalue weighted by molar-refractivity contribution is -0.143. The standard InChI is InChI=1S/C22H20N2O3.ClH/c23-22(21(25)26)10-9-15-7-8-18(12-17(15)13-22)27-20-6-2-1-5-19(20)16-4-3-11-24-14-16;/h1-8,11-12,14H,9-10,13,23H2,(H,25,26);1H. The Morgan fingerprint density at radius 1 is 1.11 bits per heavy atom. The summed E-state index contributed by atoms with van der Waals surface area (Å²) in [5.41, 5.74) is 8.84. The van der Waals surface area contributed by atoms with Gasteiger partial charge in [-0.25, -0.2) is 0 Å². The number of nitrogens with zero attached hydrogens (tertiary/aromatic N) is 1. The van der Waals surface area contributed by atoms with E-state index in [2.05, 4.69) is 4.98 Å². The molecule has 1 atom stereocenters. The van der Waals surface area contributed by atoms with Crippen molar-refractivity contribution in [2.24, 2.45) is 5.73 Å². The van der Waals surface area contributed by atoms with Crippen molar-refractivity contribution in [1.29, 1.82) is 0 Å². The molecule has 2 aromatic carbocycles. The first-order valence-electron chi connectivity index (χ1n) is 8.86. The summed E-state index contributed by atoms with van der Waals surface area (Å²) in [4.78, 5) is 15.7. The second kappa shape index (κ2) is 8.00. The SMILES string of the molecule is Cl.NC1(C(=O)O)CCc2ccc(Oc3ccccc3-c3cccnc3)cc2C1. The highest BCUT2D eigenvalue weighted by Gasteiger charge is 2.37. The molecule has 0 aliphatic heterocycles. The first-order chi connectivity index (χ1) is 13.0. The molecule has 4 rings (SSSR count). The van der Waals surface area contributed by atoms with E-state index < -0.39 is 11.5 Å². The van der Waals surface area contributed by atoms with Gasteiger partial charge in [0.15, 0.2) is 0 Å². The van der Waals surface area contributed by atoms with E-state index >= 15 is 0 Å². The Morgan fingerprint density at radius 2 is 1.93 bits per heavy atom. The van der Waals surface area contributed by atoms with E-state index in [4.69, 9.17) is 10.5 Å². The number of nitrogens with two attached hydrogens (primary N) is 1. The predicted octanol–water partition coefficient (Wildman–Crippen LogP) is 4.23. The Kier molecular flexibility index (Phi) is 5.68. The van der Waals surface area contributed by atoms with Gasteiger partial charge in [-0.1, -0.05) is 30.3 Å². The van der Waals surface area contributed by atoms with Crippen molar-refractivity contribution in [3.8, 4) is 22.6 Å². The third-order valence-electron chi connectivity index (χ3n) is 5.04. The molecule has 0 spiro atoms. The zero-order valence-corrected chi connectivity index (χ0v) is 16.0. The van der Waals surface area contributed by atoms with E-state index in [1.54, 1.807) is 12.4 Å². The molecule has 6 heteroatoms. The number of para-hydroxylation sites is 1. The van der Waals surface area contributed by atoms with Crippen molar-refractivity contribution in [1.82, 2.24) is 4.98 Å². The van der Waals surface area contributed by atoms with Crippen molar-refractivity contribution in [2.75, 3.05) is 0 Å². The molecular weight excluding hydrogens is 376 g/mol. The second-order valence-corrected chi connectivity index (χ2v) is 6.91. The van der Waals surface area contributed by atoms with Gasteiger partial charge in [0.25, 0.3) is 0 Å². The van der Waals surface area contributed by atoms with Crippen LogP contribution in [0.5, 0.6) is 11.5 Å². The van der Waals surface area contributed by atoms with Crippen LogP contribution in [-0.2, 0) is 17.6 Å². The molecule has 0 saturated heterocycles. The summed E-state index contributed by atoms with van der Waals surface area (Å²) in [6.45, 7) is 0. The monoisotopic (exact) mass is 396 g/mol. The van der Waals surface area contributed by atoms with Gasteiger partial charge in [0.2, 0.25) is 0 Å². The number of aromatic nitrogens is 1. The molecular formula is C22H21ClN2O3. The maximum Gasteiger partial charge on any atom is 0.324 e. The number of carboxylic acid groups (broad SMARTS) is 1. The minimum atomic E-state index is -1.21. The van der Waals surface area contributed by atoms with Gasteiger partial charge in [-0.05, 0) is 48.2 Å². The van der Waals surface area contributed by atoms with Crippen molar-refractivity contribution in [3.63, 3.8) is 0 Å². The molecule has 3 N–H and O–H groups in total. The molecule has 1 aromatic heterocycles. The molecule has 5 nitrogen and oxygen atoms in total. The lowest BCUT2D eigenvalue weighted by Gasteiger charge is -2.31. The number of aliphatic carboxylic acids is 1. The van der Waals surface area contributed by atoms with Gasteiger partial charge in [-0.3, -0.25) is 9.78 Å². The topological polar surface area (TPSA) is 85.4 Å². The van der Waals surface area contributed by atoms with Crippen molar-refractivity contribution in [3.05, 3.63) is 78.1 Å². The number of hydrogen-bond acceptors (Lipinski definition) is 4. The Labute approximate surface area is 169 Å². The van der Waals surface area contributed by atoms with E-state index in [-0.39, 0.29) is 12.4 Å². The fraction of sp³-hybridized carbons (Fsp3) is 0.182. The number of pyridine rings is 1. The summed E-state index contributed by atoms with van der Waals surface area (Å²) in [5, 5.41) is 9.43. The minimum Gasteiger partial charge on any atom is -0.480 e. The zero-order chi connectivity index (χ0) is 18.9. The number of fused-ring (bicyclic) bond motifs is 1. The van der Waals surface area contributed by atoms with Crippen molar-refractivity contribution < 1.29 is 14.6 Å². The number of hydrogen-bond donors (Lipinski definition) is 2. The molecule has 0 radical (unpaired) electrons. The molecule has 0 amide bonds. The van der Waals surface area contributed by atoms with Crippen LogP contribution in [0.1, 0.15) is 17.5 Å². The quantitative estimate of drug-likeness (QED) is 0.689. The Morgan fingerprint density at radius 3 is 2.68 bits per heavy atom.